The van der Waals surface area contributed by atoms with Gasteiger partial charge in [-0.05, 0) is 36.1 Å². The van der Waals surface area contributed by atoms with Gasteiger partial charge in [0.05, 0.1) is 7.11 Å². The van der Waals surface area contributed by atoms with Crippen molar-refractivity contribution in [2.75, 3.05) is 12.9 Å². The third-order valence-corrected chi connectivity index (χ3v) is 6.45. The van der Waals surface area contributed by atoms with Gasteiger partial charge in [-0.1, -0.05) is 60.7 Å². The van der Waals surface area contributed by atoms with E-state index in [2.05, 4.69) is 41.1 Å². The van der Waals surface area contributed by atoms with Crippen molar-refractivity contribution in [3.05, 3.63) is 71.8 Å². The number of methoxy groups -OCH3 is 1. The summed E-state index contributed by atoms with van der Waals surface area (Å²) >= 11 is 3.75. The van der Waals surface area contributed by atoms with Gasteiger partial charge in [-0.2, -0.15) is 23.5 Å². The summed E-state index contributed by atoms with van der Waals surface area (Å²) in [6.07, 6.45) is -0.0787. The summed E-state index contributed by atoms with van der Waals surface area (Å²) in [7, 11) is 1.24. The Bertz CT molecular complexity index is 696. The molecule has 2 aromatic carbocycles. The van der Waals surface area contributed by atoms with E-state index in [9.17, 15) is 4.79 Å². The van der Waals surface area contributed by atoms with Crippen molar-refractivity contribution in [2.24, 2.45) is 0 Å². The first-order valence-corrected chi connectivity index (χ1v) is 11.1. The van der Waals surface area contributed by atoms with Gasteiger partial charge in [-0.3, -0.25) is 4.79 Å². The number of carbonyl (C=O) groups excluding carboxylic acids is 1. The summed E-state index contributed by atoms with van der Waals surface area (Å²) < 4.78 is 20.4. The maximum Gasteiger partial charge on any atom is 0.305 e. The fraction of sp³-hybridized carbons (Fsp3) is 0.409. The highest BCUT2D eigenvalue weighted by molar-refractivity contribution is 7.99. The predicted octanol–water partition coefficient (Wildman–Crippen LogP) is 5.96. The molecule has 0 N–H and O–H groups in total. The zero-order valence-corrected chi connectivity index (χ0v) is 16.9. The van der Waals surface area contributed by atoms with Gasteiger partial charge < -0.3 is 4.74 Å². The molecule has 0 bridgehead atoms. The minimum atomic E-state index is -1.92. The van der Waals surface area contributed by atoms with Gasteiger partial charge in [0.25, 0.3) is 0 Å². The fourth-order valence-electron chi connectivity index (χ4n) is 2.49. The van der Waals surface area contributed by atoms with Gasteiger partial charge in [0.2, 0.25) is 0 Å². The molecule has 2 rings (SSSR count). The zero-order chi connectivity index (χ0) is 20.2. The van der Waals surface area contributed by atoms with E-state index in [4.69, 9.17) is 2.74 Å². The van der Waals surface area contributed by atoms with Crippen molar-refractivity contribution in [2.45, 2.75) is 42.4 Å². The summed E-state index contributed by atoms with van der Waals surface area (Å²) in [6.45, 7) is 0. The Hall–Kier alpha value is -1.39. The largest absolute Gasteiger partial charge is 0.469 e. The second kappa shape index (κ2) is 12.9. The van der Waals surface area contributed by atoms with Gasteiger partial charge in [0.1, 0.15) is 0 Å². The monoisotopic (exact) mass is 390 g/mol. The van der Waals surface area contributed by atoms with Crippen LogP contribution in [-0.2, 0) is 21.0 Å². The minimum Gasteiger partial charge on any atom is -0.469 e. The highest BCUT2D eigenvalue weighted by atomic mass is 32.2. The summed E-state index contributed by atoms with van der Waals surface area (Å²) in [5.74, 6) is 2.12. The van der Waals surface area contributed by atoms with Crippen LogP contribution >= 0.6 is 23.5 Å². The third-order valence-electron chi connectivity index (χ3n) is 3.95. The smallest absolute Gasteiger partial charge is 0.305 e. The fourth-order valence-corrected chi connectivity index (χ4v) is 4.85. The molecule has 1 atom stereocenters. The lowest BCUT2D eigenvalue weighted by Gasteiger charge is -2.16. The topological polar surface area (TPSA) is 26.3 Å². The maximum absolute atomic E-state index is 11.6. The van der Waals surface area contributed by atoms with E-state index < -0.39 is 12.3 Å². The first-order chi connectivity index (χ1) is 13.5. The number of carbonyl (C=O) groups is 1. The Labute approximate surface area is 168 Å². The Morgan fingerprint density at radius 2 is 1.62 bits per heavy atom. The number of benzene rings is 2. The van der Waals surface area contributed by atoms with Crippen LogP contribution in [0.15, 0.2) is 60.7 Å². The molecule has 1 unspecified atom stereocenters. The van der Waals surface area contributed by atoms with Crippen molar-refractivity contribution in [3.8, 4) is 0 Å². The van der Waals surface area contributed by atoms with Crippen LogP contribution in [0, 0.1) is 0 Å². The van der Waals surface area contributed by atoms with Gasteiger partial charge >= 0.3 is 5.97 Å². The van der Waals surface area contributed by atoms with Crippen LogP contribution < -0.4 is 0 Å². The van der Waals surface area contributed by atoms with E-state index >= 15 is 0 Å². The second-order valence-corrected chi connectivity index (χ2v) is 8.35. The molecule has 0 radical (unpaired) electrons. The Kier molecular flexibility index (Phi) is 8.92. The highest BCUT2D eigenvalue weighted by Gasteiger charge is 2.11. The minimum absolute atomic E-state index is 0.190. The van der Waals surface area contributed by atoms with E-state index in [1.807, 2.05) is 47.8 Å². The van der Waals surface area contributed by atoms with Crippen LogP contribution in [0.3, 0.4) is 0 Å². The van der Waals surface area contributed by atoms with Gasteiger partial charge in [0.15, 0.2) is 0 Å². The van der Waals surface area contributed by atoms with E-state index in [0.717, 1.165) is 23.7 Å². The number of ether oxygens (including phenoxy) is 1. The molecule has 0 aliphatic heterocycles. The molecule has 0 aromatic heterocycles. The molecule has 0 aliphatic rings. The van der Waals surface area contributed by atoms with Crippen molar-refractivity contribution < 1.29 is 12.3 Å². The van der Waals surface area contributed by atoms with Gasteiger partial charge in [0, 0.05) is 25.9 Å². The molecule has 0 aliphatic carbocycles. The van der Waals surface area contributed by atoms with Crippen LogP contribution in [0.1, 0.15) is 39.5 Å². The average molecular weight is 391 g/mol. The molecule has 0 saturated carbocycles. The zero-order valence-electron chi connectivity index (χ0n) is 17.2. The first-order valence-electron chi connectivity index (χ1n) is 9.87. The van der Waals surface area contributed by atoms with E-state index in [-0.39, 0.29) is 6.42 Å². The molecular weight excluding hydrogens is 360 g/mol. The lowest BCUT2D eigenvalue weighted by atomic mass is 10.1. The molecule has 0 spiro atoms. The number of hydrogen-bond donors (Lipinski definition) is 0. The first kappa shape index (κ1) is 18.0. The summed E-state index contributed by atoms with van der Waals surface area (Å²) in [4.78, 5) is 11.6. The summed E-state index contributed by atoms with van der Waals surface area (Å²) in [5, 5.41) is 0.309. The SMILES string of the molecule is [2H]C([2H])(CCC(CCSCc1ccccc1)SCc1ccccc1)C(=O)OC. The van der Waals surface area contributed by atoms with E-state index in [1.54, 1.807) is 0 Å². The number of thioether (sulfide) groups is 2. The quantitative estimate of drug-likeness (QED) is 0.330. The molecule has 140 valence electrons. The lowest BCUT2D eigenvalue weighted by Crippen LogP contribution is -2.08. The van der Waals surface area contributed by atoms with Crippen molar-refractivity contribution in [3.63, 3.8) is 0 Å². The van der Waals surface area contributed by atoms with Crippen LogP contribution in [0.5, 0.6) is 0 Å². The highest BCUT2D eigenvalue weighted by Crippen LogP contribution is 2.27. The molecular formula is C22H28O2S2. The Balaban J connectivity index is 1.84. The maximum atomic E-state index is 11.6. The van der Waals surface area contributed by atoms with E-state index in [0.29, 0.717) is 11.7 Å². The van der Waals surface area contributed by atoms with Gasteiger partial charge in [-0.25, -0.2) is 0 Å². The Morgan fingerprint density at radius 3 is 2.23 bits per heavy atom. The molecule has 2 aromatic rings. The summed E-state index contributed by atoms with van der Waals surface area (Å²) in [6, 6.07) is 20.7. The molecule has 0 saturated heterocycles. The molecule has 26 heavy (non-hydrogen) atoms. The van der Waals surface area contributed by atoms with Crippen molar-refractivity contribution >= 4 is 29.5 Å². The predicted molar refractivity (Wildman–Crippen MR) is 115 cm³/mol. The Morgan fingerprint density at radius 1 is 1.00 bits per heavy atom. The molecule has 4 heteroatoms. The van der Waals surface area contributed by atoms with Crippen molar-refractivity contribution in [1.29, 1.82) is 0 Å². The average Bonchev–Trinajstić information content (AvgIpc) is 2.73. The molecule has 0 amide bonds. The third kappa shape index (κ3) is 8.81. The molecule has 2 nitrogen and oxygen atoms in total. The lowest BCUT2D eigenvalue weighted by molar-refractivity contribution is -0.140. The number of hydrogen-bond acceptors (Lipinski definition) is 4. The standard InChI is InChI=1S/C22H28O2S2/c1-24-22(23)14-8-13-21(26-18-20-11-6-3-7-12-20)15-16-25-17-19-9-4-2-5-10-19/h2-7,9-12,21H,8,13-18H2,1H3/i14D2. The van der Waals surface area contributed by atoms with E-state index in [1.165, 1.54) is 18.2 Å². The molecule has 0 fully saturated rings. The second-order valence-electron chi connectivity index (χ2n) is 5.95. The van der Waals surface area contributed by atoms with Crippen molar-refractivity contribution in [1.82, 2.24) is 0 Å². The van der Waals surface area contributed by atoms with Crippen LogP contribution in [0.25, 0.3) is 0 Å². The number of rotatable bonds is 12. The molecule has 0 heterocycles. The normalized spacial score (nSPS) is 13.6. The number of esters is 1. The van der Waals surface area contributed by atoms with Crippen LogP contribution in [0.4, 0.5) is 0 Å². The van der Waals surface area contributed by atoms with Crippen LogP contribution in [0.2, 0.25) is 0 Å². The van der Waals surface area contributed by atoms with Crippen LogP contribution in [-0.4, -0.2) is 24.1 Å². The van der Waals surface area contributed by atoms with Gasteiger partial charge in [-0.15, -0.1) is 0 Å². The summed E-state index contributed by atoms with van der Waals surface area (Å²) in [5.41, 5.74) is 2.59.